The Morgan fingerprint density at radius 1 is 1.33 bits per heavy atom. The minimum atomic E-state index is -0.689. The van der Waals surface area contributed by atoms with Gasteiger partial charge in [0, 0.05) is 16.6 Å². The minimum absolute atomic E-state index is 0.0644. The van der Waals surface area contributed by atoms with E-state index in [1.165, 1.54) is 0 Å². The number of fused-ring (bicyclic) bond motifs is 1. The topological polar surface area (TPSA) is 35.5 Å². The van der Waals surface area contributed by atoms with Crippen molar-refractivity contribution in [3.63, 3.8) is 0 Å². The normalized spacial score (nSPS) is 45.7. The van der Waals surface area contributed by atoms with Crippen LogP contribution in [-0.4, -0.2) is 33.7 Å². The average molecular weight is 190 g/mol. The molecule has 0 amide bonds. The number of hydrogen-bond donors (Lipinski definition) is 0. The molecule has 0 aromatic carbocycles. The van der Waals surface area contributed by atoms with Gasteiger partial charge in [0.15, 0.2) is 5.79 Å². The van der Waals surface area contributed by atoms with E-state index in [4.69, 9.17) is 9.47 Å². The zero-order valence-electron chi connectivity index (χ0n) is 7.41. The van der Waals surface area contributed by atoms with E-state index in [1.54, 1.807) is 0 Å². The van der Waals surface area contributed by atoms with E-state index in [-0.39, 0.29) is 12.2 Å². The predicted molar refractivity (Wildman–Crippen MR) is 46.3 cm³/mol. The lowest BCUT2D eigenvalue weighted by Gasteiger charge is -2.20. The first-order chi connectivity index (χ1) is 5.57. The molecule has 3 unspecified atom stereocenters. The molecule has 2 fully saturated rings. The highest BCUT2D eigenvalue weighted by Gasteiger charge is 2.43. The SMILES string of the molecule is CC1(C)OC2CCS(=O)CC2O1. The molecule has 2 saturated heterocycles. The minimum Gasteiger partial charge on any atom is -0.345 e. The summed E-state index contributed by atoms with van der Waals surface area (Å²) >= 11 is 0. The molecular weight excluding hydrogens is 176 g/mol. The smallest absolute Gasteiger partial charge is 0.163 e. The molecule has 2 rings (SSSR count). The van der Waals surface area contributed by atoms with Gasteiger partial charge >= 0.3 is 0 Å². The van der Waals surface area contributed by atoms with Crippen molar-refractivity contribution in [3.05, 3.63) is 0 Å². The lowest BCUT2D eigenvalue weighted by molar-refractivity contribution is -0.144. The van der Waals surface area contributed by atoms with Crippen LogP contribution in [0.4, 0.5) is 0 Å². The van der Waals surface area contributed by atoms with E-state index >= 15 is 0 Å². The van der Waals surface area contributed by atoms with Gasteiger partial charge in [0.05, 0.1) is 18.0 Å². The maximum absolute atomic E-state index is 11.2. The fourth-order valence-electron chi connectivity index (χ4n) is 1.81. The third-order valence-electron chi connectivity index (χ3n) is 2.27. The van der Waals surface area contributed by atoms with Gasteiger partial charge in [-0.25, -0.2) is 0 Å². The van der Waals surface area contributed by atoms with Crippen LogP contribution in [0.15, 0.2) is 0 Å². The van der Waals surface area contributed by atoms with Crippen molar-refractivity contribution < 1.29 is 13.7 Å². The molecule has 0 saturated carbocycles. The van der Waals surface area contributed by atoms with Gasteiger partial charge in [-0.2, -0.15) is 0 Å². The highest BCUT2D eigenvalue weighted by Crippen LogP contribution is 2.32. The van der Waals surface area contributed by atoms with Crippen LogP contribution in [0, 0.1) is 0 Å². The Hall–Kier alpha value is 0.0700. The summed E-state index contributed by atoms with van der Waals surface area (Å²) in [5.74, 6) is 0.943. The van der Waals surface area contributed by atoms with Gasteiger partial charge in [0.1, 0.15) is 0 Å². The molecule has 70 valence electrons. The van der Waals surface area contributed by atoms with Gasteiger partial charge in [-0.1, -0.05) is 0 Å². The summed E-state index contributed by atoms with van der Waals surface area (Å²) in [5, 5.41) is 0. The second kappa shape index (κ2) is 2.79. The van der Waals surface area contributed by atoms with Gasteiger partial charge < -0.3 is 9.47 Å². The van der Waals surface area contributed by atoms with Gasteiger partial charge in [0.25, 0.3) is 0 Å². The summed E-state index contributed by atoms with van der Waals surface area (Å²) in [4.78, 5) is 0. The fourth-order valence-corrected chi connectivity index (χ4v) is 3.12. The highest BCUT2D eigenvalue weighted by atomic mass is 32.2. The summed E-state index contributed by atoms with van der Waals surface area (Å²) < 4.78 is 22.4. The van der Waals surface area contributed by atoms with Crippen LogP contribution in [0.2, 0.25) is 0 Å². The Morgan fingerprint density at radius 3 is 2.75 bits per heavy atom. The largest absolute Gasteiger partial charge is 0.345 e. The quantitative estimate of drug-likeness (QED) is 0.563. The second-order valence-corrected chi connectivity index (χ2v) is 5.43. The Morgan fingerprint density at radius 2 is 2.00 bits per heavy atom. The van der Waals surface area contributed by atoms with Crippen LogP contribution >= 0.6 is 0 Å². The Balaban J connectivity index is 2.07. The zero-order valence-corrected chi connectivity index (χ0v) is 8.23. The van der Waals surface area contributed by atoms with Crippen molar-refractivity contribution in [3.8, 4) is 0 Å². The second-order valence-electron chi connectivity index (χ2n) is 3.81. The van der Waals surface area contributed by atoms with Crippen LogP contribution in [0.25, 0.3) is 0 Å². The molecule has 0 aromatic heterocycles. The molecular formula is C8H14O3S. The number of rotatable bonds is 0. The van der Waals surface area contributed by atoms with E-state index < -0.39 is 16.6 Å². The molecule has 0 aromatic rings. The van der Waals surface area contributed by atoms with Gasteiger partial charge in [-0.3, -0.25) is 4.21 Å². The molecule has 0 bridgehead atoms. The van der Waals surface area contributed by atoms with Crippen LogP contribution in [-0.2, 0) is 20.3 Å². The fraction of sp³-hybridized carbons (Fsp3) is 1.00. The number of ether oxygens (including phenoxy) is 2. The average Bonchev–Trinajstić information content (AvgIpc) is 2.21. The molecule has 4 heteroatoms. The predicted octanol–water partition coefficient (Wildman–Crippen LogP) is 0.659. The first-order valence-electron chi connectivity index (χ1n) is 4.27. The van der Waals surface area contributed by atoms with E-state index in [2.05, 4.69) is 0 Å². The molecule has 3 atom stereocenters. The summed E-state index contributed by atoms with van der Waals surface area (Å²) in [6.07, 6.45) is 1.12. The summed E-state index contributed by atoms with van der Waals surface area (Å²) in [7, 11) is -0.689. The third kappa shape index (κ3) is 1.56. The Kier molecular flexibility index (Phi) is 2.01. The third-order valence-corrected chi connectivity index (χ3v) is 3.66. The molecule has 3 nitrogen and oxygen atoms in total. The van der Waals surface area contributed by atoms with Crippen molar-refractivity contribution in [2.45, 2.75) is 38.3 Å². The molecule has 2 heterocycles. The van der Waals surface area contributed by atoms with E-state index in [0.29, 0.717) is 5.75 Å². The van der Waals surface area contributed by atoms with E-state index in [1.807, 2.05) is 13.8 Å². The lowest BCUT2D eigenvalue weighted by atomic mass is 10.2. The van der Waals surface area contributed by atoms with Crippen LogP contribution in [0.1, 0.15) is 20.3 Å². The molecule has 0 spiro atoms. The molecule has 0 aliphatic carbocycles. The van der Waals surface area contributed by atoms with E-state index in [9.17, 15) is 4.21 Å². The van der Waals surface area contributed by atoms with Gasteiger partial charge in [0.2, 0.25) is 0 Å². The number of hydrogen-bond acceptors (Lipinski definition) is 3. The Bertz CT molecular complexity index is 214. The monoisotopic (exact) mass is 190 g/mol. The molecule has 0 radical (unpaired) electrons. The lowest BCUT2D eigenvalue weighted by Crippen LogP contribution is -2.35. The highest BCUT2D eigenvalue weighted by molar-refractivity contribution is 7.85. The molecule has 2 aliphatic rings. The van der Waals surface area contributed by atoms with Crippen molar-refractivity contribution in [1.82, 2.24) is 0 Å². The molecule has 2 aliphatic heterocycles. The van der Waals surface area contributed by atoms with Crippen LogP contribution in [0.5, 0.6) is 0 Å². The first-order valence-corrected chi connectivity index (χ1v) is 5.76. The molecule has 0 N–H and O–H groups in total. The first kappa shape index (κ1) is 8.66. The van der Waals surface area contributed by atoms with Crippen molar-refractivity contribution >= 4 is 10.8 Å². The van der Waals surface area contributed by atoms with Crippen molar-refractivity contribution in [2.75, 3.05) is 11.5 Å². The summed E-state index contributed by atoms with van der Waals surface area (Å²) in [6, 6.07) is 0. The van der Waals surface area contributed by atoms with Crippen molar-refractivity contribution in [1.29, 1.82) is 0 Å². The maximum Gasteiger partial charge on any atom is 0.163 e. The van der Waals surface area contributed by atoms with E-state index in [0.717, 1.165) is 12.2 Å². The summed E-state index contributed by atoms with van der Waals surface area (Å²) in [6.45, 7) is 3.82. The van der Waals surface area contributed by atoms with Crippen molar-refractivity contribution in [2.24, 2.45) is 0 Å². The van der Waals surface area contributed by atoms with Gasteiger partial charge in [-0.05, 0) is 20.3 Å². The van der Waals surface area contributed by atoms with Crippen LogP contribution in [0.3, 0.4) is 0 Å². The summed E-state index contributed by atoms with van der Waals surface area (Å²) in [5.41, 5.74) is 0. The zero-order chi connectivity index (χ0) is 8.77. The standard InChI is InChI=1S/C8H14O3S/c1-8(2)10-6-3-4-12(9)5-7(6)11-8/h6-7H,3-5H2,1-2H3. The van der Waals surface area contributed by atoms with Crippen LogP contribution < -0.4 is 0 Å². The molecule has 12 heavy (non-hydrogen) atoms. The maximum atomic E-state index is 11.2. The Labute approximate surface area is 74.9 Å². The van der Waals surface area contributed by atoms with Gasteiger partial charge in [-0.15, -0.1) is 0 Å².